The Morgan fingerprint density at radius 3 is 2.50 bits per heavy atom. The fraction of sp³-hybridized carbons (Fsp3) is 0.368. The molecule has 0 atom stereocenters. The number of rotatable bonds is 5. The minimum absolute atomic E-state index is 0.0357. The summed E-state index contributed by atoms with van der Waals surface area (Å²) in [4.78, 5) is 16.0. The Kier molecular flexibility index (Phi) is 6.68. The van der Waals surface area contributed by atoms with Crippen molar-refractivity contribution in [3.05, 3.63) is 58.9 Å². The lowest BCUT2D eigenvalue weighted by atomic mass is 9.97. The number of piperidine rings is 1. The van der Waals surface area contributed by atoms with Crippen LogP contribution in [0.25, 0.3) is 0 Å². The number of nitrogens with one attached hydrogen (secondary N) is 1. The first-order valence-corrected chi connectivity index (χ1v) is 11.0. The number of benzene rings is 1. The zero-order chi connectivity index (χ0) is 21.9. The predicted molar refractivity (Wildman–Crippen MR) is 104 cm³/mol. The van der Waals surface area contributed by atoms with Crippen LogP contribution >= 0.6 is 11.6 Å². The average Bonchev–Trinajstić information content (AvgIpc) is 2.72. The summed E-state index contributed by atoms with van der Waals surface area (Å²) in [5.74, 6) is -0.584. The Balaban J connectivity index is 1.63. The van der Waals surface area contributed by atoms with Crippen molar-refractivity contribution < 1.29 is 26.4 Å². The van der Waals surface area contributed by atoms with Gasteiger partial charge in [0, 0.05) is 25.2 Å². The summed E-state index contributed by atoms with van der Waals surface area (Å²) in [6.45, 7) is 0.338. The van der Waals surface area contributed by atoms with Crippen LogP contribution in [0.1, 0.15) is 24.1 Å². The molecular formula is C19H19ClF3N3O3S. The van der Waals surface area contributed by atoms with Crippen molar-refractivity contribution in [2.24, 2.45) is 5.92 Å². The monoisotopic (exact) mass is 461 g/mol. The van der Waals surface area contributed by atoms with Gasteiger partial charge in [0.2, 0.25) is 15.9 Å². The Morgan fingerprint density at radius 1 is 1.20 bits per heavy atom. The number of hydrogen-bond donors (Lipinski definition) is 1. The van der Waals surface area contributed by atoms with Crippen LogP contribution in [0.5, 0.6) is 0 Å². The van der Waals surface area contributed by atoms with Crippen molar-refractivity contribution in [3.8, 4) is 0 Å². The van der Waals surface area contributed by atoms with Gasteiger partial charge in [-0.1, -0.05) is 17.7 Å². The molecule has 1 aliphatic rings. The van der Waals surface area contributed by atoms with E-state index in [9.17, 15) is 26.4 Å². The Hall–Kier alpha value is -2.17. The van der Waals surface area contributed by atoms with E-state index in [1.54, 1.807) is 24.4 Å². The molecule has 0 spiro atoms. The smallest absolute Gasteiger partial charge is 0.350 e. The number of hydrogen-bond acceptors (Lipinski definition) is 4. The number of halogens is 4. The second-order valence-electron chi connectivity index (χ2n) is 6.86. The molecule has 1 N–H and O–H groups in total. The second kappa shape index (κ2) is 8.91. The Bertz CT molecular complexity index is 1010. The highest BCUT2D eigenvalue weighted by Crippen LogP contribution is 2.36. The number of carbonyl (C=O) groups excluding carboxylic acids is 1. The molecule has 0 radical (unpaired) electrons. The molecule has 0 unspecified atom stereocenters. The second-order valence-corrected chi connectivity index (χ2v) is 9.20. The SMILES string of the molecule is O=C(NCc1ccccn1)C1CCN(S(=O)(=O)c2ccc(Cl)c(C(F)(F)F)c2)CC1. The summed E-state index contributed by atoms with van der Waals surface area (Å²) < 4.78 is 65.8. The molecule has 1 aromatic carbocycles. The summed E-state index contributed by atoms with van der Waals surface area (Å²) in [7, 11) is -4.13. The third-order valence-electron chi connectivity index (χ3n) is 4.88. The van der Waals surface area contributed by atoms with E-state index in [0.29, 0.717) is 11.8 Å². The summed E-state index contributed by atoms with van der Waals surface area (Å²) >= 11 is 5.57. The molecule has 162 valence electrons. The van der Waals surface area contributed by atoms with E-state index in [1.807, 2.05) is 0 Å². The van der Waals surface area contributed by atoms with Crippen LogP contribution in [-0.2, 0) is 27.5 Å². The van der Waals surface area contributed by atoms with Gasteiger partial charge >= 0.3 is 6.18 Å². The predicted octanol–water partition coefficient (Wildman–Crippen LogP) is 3.47. The molecule has 1 amide bonds. The molecule has 2 heterocycles. The molecule has 3 rings (SSSR count). The fourth-order valence-electron chi connectivity index (χ4n) is 3.21. The Morgan fingerprint density at radius 2 is 1.90 bits per heavy atom. The zero-order valence-corrected chi connectivity index (χ0v) is 17.3. The van der Waals surface area contributed by atoms with Gasteiger partial charge in [-0.2, -0.15) is 17.5 Å². The van der Waals surface area contributed by atoms with Crippen molar-refractivity contribution in [2.45, 2.75) is 30.5 Å². The molecule has 0 bridgehead atoms. The van der Waals surface area contributed by atoms with Crippen molar-refractivity contribution >= 4 is 27.5 Å². The molecule has 1 saturated heterocycles. The van der Waals surface area contributed by atoms with Crippen LogP contribution < -0.4 is 5.32 Å². The van der Waals surface area contributed by atoms with E-state index in [2.05, 4.69) is 10.3 Å². The number of alkyl halides is 3. The van der Waals surface area contributed by atoms with E-state index in [-0.39, 0.29) is 44.3 Å². The largest absolute Gasteiger partial charge is 0.417 e. The van der Waals surface area contributed by atoms with Crippen LogP contribution in [0.3, 0.4) is 0 Å². The van der Waals surface area contributed by atoms with Crippen molar-refractivity contribution in [3.63, 3.8) is 0 Å². The molecular weight excluding hydrogens is 443 g/mol. The molecule has 1 fully saturated rings. The molecule has 0 aliphatic carbocycles. The van der Waals surface area contributed by atoms with E-state index in [4.69, 9.17) is 11.6 Å². The van der Waals surface area contributed by atoms with Crippen molar-refractivity contribution in [1.29, 1.82) is 0 Å². The minimum atomic E-state index is -4.76. The first kappa shape index (κ1) is 22.5. The van der Waals surface area contributed by atoms with Gasteiger partial charge in [-0.25, -0.2) is 8.42 Å². The van der Waals surface area contributed by atoms with Crippen molar-refractivity contribution in [1.82, 2.24) is 14.6 Å². The lowest BCUT2D eigenvalue weighted by Gasteiger charge is -2.30. The topological polar surface area (TPSA) is 79.4 Å². The number of carbonyl (C=O) groups is 1. The number of amides is 1. The van der Waals surface area contributed by atoms with E-state index < -0.39 is 31.7 Å². The lowest BCUT2D eigenvalue weighted by Crippen LogP contribution is -2.42. The highest BCUT2D eigenvalue weighted by Gasteiger charge is 2.37. The fourth-order valence-corrected chi connectivity index (χ4v) is 4.94. The molecule has 1 aliphatic heterocycles. The number of pyridine rings is 1. The molecule has 30 heavy (non-hydrogen) atoms. The molecule has 11 heteroatoms. The van der Waals surface area contributed by atoms with Gasteiger partial charge in [-0.05, 0) is 43.2 Å². The van der Waals surface area contributed by atoms with Gasteiger partial charge < -0.3 is 5.32 Å². The first-order chi connectivity index (χ1) is 14.1. The lowest BCUT2D eigenvalue weighted by molar-refractivity contribution is -0.137. The van der Waals surface area contributed by atoms with E-state index in [1.165, 1.54) is 0 Å². The molecule has 1 aromatic heterocycles. The zero-order valence-electron chi connectivity index (χ0n) is 15.7. The third-order valence-corrected chi connectivity index (χ3v) is 7.10. The number of nitrogens with zero attached hydrogens (tertiary/aromatic N) is 2. The summed E-state index contributed by atoms with van der Waals surface area (Å²) in [6, 6.07) is 7.87. The van der Waals surface area contributed by atoms with Gasteiger partial charge in [0.05, 0.1) is 27.7 Å². The third kappa shape index (κ3) is 5.11. The number of sulfonamides is 1. The highest BCUT2D eigenvalue weighted by molar-refractivity contribution is 7.89. The summed E-state index contributed by atoms with van der Waals surface area (Å²) in [6.07, 6.45) is -2.60. The summed E-state index contributed by atoms with van der Waals surface area (Å²) in [5, 5.41) is 2.21. The standard InChI is InChI=1S/C19H19ClF3N3O3S/c20-17-5-4-15(11-16(17)19(21,22)23)30(28,29)26-9-6-13(7-10-26)18(27)25-12-14-3-1-2-8-24-14/h1-5,8,11,13H,6-7,9-10,12H2,(H,25,27). The van der Waals surface area contributed by atoms with Crippen LogP contribution in [0.2, 0.25) is 5.02 Å². The van der Waals surface area contributed by atoms with Gasteiger partial charge in [-0.15, -0.1) is 0 Å². The van der Waals surface area contributed by atoms with Gasteiger partial charge in [0.15, 0.2) is 0 Å². The molecule has 2 aromatic rings. The maximum Gasteiger partial charge on any atom is 0.417 e. The molecule has 0 saturated carbocycles. The number of aromatic nitrogens is 1. The van der Waals surface area contributed by atoms with Gasteiger partial charge in [-0.3, -0.25) is 9.78 Å². The van der Waals surface area contributed by atoms with Crippen LogP contribution in [0, 0.1) is 5.92 Å². The highest BCUT2D eigenvalue weighted by atomic mass is 35.5. The van der Waals surface area contributed by atoms with E-state index >= 15 is 0 Å². The van der Waals surface area contributed by atoms with E-state index in [0.717, 1.165) is 16.4 Å². The maximum absolute atomic E-state index is 13.1. The van der Waals surface area contributed by atoms with Crippen LogP contribution in [0.4, 0.5) is 13.2 Å². The molecule has 6 nitrogen and oxygen atoms in total. The Labute approximate surface area is 177 Å². The van der Waals surface area contributed by atoms with Crippen molar-refractivity contribution in [2.75, 3.05) is 13.1 Å². The van der Waals surface area contributed by atoms with Gasteiger partial charge in [0.1, 0.15) is 0 Å². The average molecular weight is 462 g/mol. The normalized spacial score (nSPS) is 16.4. The quantitative estimate of drug-likeness (QED) is 0.739. The van der Waals surface area contributed by atoms with Gasteiger partial charge in [0.25, 0.3) is 0 Å². The van der Waals surface area contributed by atoms with Crippen LogP contribution in [0.15, 0.2) is 47.5 Å². The first-order valence-electron chi connectivity index (χ1n) is 9.13. The summed E-state index contributed by atoms with van der Waals surface area (Å²) in [5.41, 5.74) is -0.497. The minimum Gasteiger partial charge on any atom is -0.350 e. The maximum atomic E-state index is 13.1. The van der Waals surface area contributed by atoms with Crippen LogP contribution in [-0.4, -0.2) is 36.7 Å².